The van der Waals surface area contributed by atoms with Crippen LogP contribution in [0.15, 0.2) is 23.8 Å². The van der Waals surface area contributed by atoms with E-state index in [9.17, 15) is 35.4 Å². The van der Waals surface area contributed by atoms with Crippen LogP contribution in [0.2, 0.25) is 0 Å². The van der Waals surface area contributed by atoms with Gasteiger partial charge in [0.25, 0.3) is 0 Å². The molecule has 4 fully saturated rings. The van der Waals surface area contributed by atoms with E-state index in [1.807, 2.05) is 0 Å². The molecule has 6 N–H and O–H groups in total. The molecule has 43 heavy (non-hydrogen) atoms. The highest BCUT2D eigenvalue weighted by Crippen LogP contribution is 2.63. The van der Waals surface area contributed by atoms with Crippen LogP contribution in [-0.2, 0) is 28.5 Å². The molecule has 0 spiro atoms. The number of hydrogen-bond donors (Lipinski definition) is 6. The summed E-state index contributed by atoms with van der Waals surface area (Å²) in [5, 5.41) is 61.8. The SMILES string of the molecule is C=C1C(OC2OC(COC3OCC(O)(CO)C3O)C(O)C(O)C2O)CCC2C1(C)CCC(C)C2(C)CCC1=CC(=O)OC1. The summed E-state index contributed by atoms with van der Waals surface area (Å²) in [5.74, 6) is 0.534. The Balaban J connectivity index is 1.24. The molecule has 2 saturated heterocycles. The molecule has 244 valence electrons. The molecule has 0 aromatic carbocycles. The van der Waals surface area contributed by atoms with Crippen molar-refractivity contribution in [2.45, 2.75) is 114 Å². The first kappa shape index (κ1) is 32.9. The topological polar surface area (TPSA) is 185 Å². The Hall–Kier alpha value is -1.45. The fourth-order valence-electron chi connectivity index (χ4n) is 8.00. The number of hydrogen-bond acceptors (Lipinski definition) is 12. The molecular formula is C31H48O12. The molecule has 3 aliphatic heterocycles. The molecule has 2 saturated carbocycles. The van der Waals surface area contributed by atoms with Crippen LogP contribution in [0.4, 0.5) is 0 Å². The van der Waals surface area contributed by atoms with Crippen molar-refractivity contribution in [2.24, 2.45) is 22.7 Å². The van der Waals surface area contributed by atoms with Gasteiger partial charge in [-0.05, 0) is 72.3 Å². The summed E-state index contributed by atoms with van der Waals surface area (Å²) >= 11 is 0. The highest BCUT2D eigenvalue weighted by atomic mass is 16.7. The number of rotatable bonds is 9. The van der Waals surface area contributed by atoms with Crippen molar-refractivity contribution < 1.29 is 59.1 Å². The number of esters is 1. The predicted molar refractivity (Wildman–Crippen MR) is 150 cm³/mol. The summed E-state index contributed by atoms with van der Waals surface area (Å²) in [7, 11) is 0. The van der Waals surface area contributed by atoms with Gasteiger partial charge in [-0.2, -0.15) is 0 Å². The molecule has 0 aromatic heterocycles. The van der Waals surface area contributed by atoms with Crippen LogP contribution < -0.4 is 0 Å². The van der Waals surface area contributed by atoms with Gasteiger partial charge in [0, 0.05) is 6.08 Å². The van der Waals surface area contributed by atoms with E-state index in [4.69, 9.17) is 23.7 Å². The van der Waals surface area contributed by atoms with Gasteiger partial charge in [0.1, 0.15) is 42.7 Å². The van der Waals surface area contributed by atoms with Crippen molar-refractivity contribution in [2.75, 3.05) is 26.4 Å². The van der Waals surface area contributed by atoms with E-state index in [0.29, 0.717) is 24.9 Å². The number of aliphatic hydroxyl groups is 6. The fraction of sp³-hybridized carbons (Fsp3) is 0.839. The quantitative estimate of drug-likeness (QED) is 0.119. The molecule has 12 nitrogen and oxygen atoms in total. The third-order valence-corrected chi connectivity index (χ3v) is 11.3. The Labute approximate surface area is 252 Å². The highest BCUT2D eigenvalue weighted by Gasteiger charge is 2.57. The zero-order valence-corrected chi connectivity index (χ0v) is 25.3. The molecule has 0 bridgehead atoms. The van der Waals surface area contributed by atoms with E-state index in [1.54, 1.807) is 6.08 Å². The number of carbonyl (C=O) groups excluding carboxylic acids is 1. The summed E-state index contributed by atoms with van der Waals surface area (Å²) in [5.41, 5.74) is -0.161. The molecule has 0 aromatic rings. The molecule has 3 heterocycles. The minimum absolute atomic E-state index is 0.00599. The van der Waals surface area contributed by atoms with E-state index < -0.39 is 61.4 Å². The van der Waals surface area contributed by atoms with Gasteiger partial charge in [-0.15, -0.1) is 0 Å². The first-order chi connectivity index (χ1) is 20.2. The smallest absolute Gasteiger partial charge is 0.331 e. The van der Waals surface area contributed by atoms with Gasteiger partial charge in [0.05, 0.1) is 25.9 Å². The third-order valence-electron chi connectivity index (χ3n) is 11.3. The number of aliphatic hydroxyl groups excluding tert-OH is 5. The van der Waals surface area contributed by atoms with Crippen molar-refractivity contribution in [3.8, 4) is 0 Å². The van der Waals surface area contributed by atoms with Crippen LogP contribution in [-0.4, -0.2) is 118 Å². The number of carbonyl (C=O) groups is 1. The molecule has 5 rings (SSSR count). The van der Waals surface area contributed by atoms with Crippen molar-refractivity contribution in [1.29, 1.82) is 0 Å². The molecule has 12 heteroatoms. The first-order valence-corrected chi connectivity index (χ1v) is 15.4. The maximum absolute atomic E-state index is 11.6. The third kappa shape index (κ3) is 5.96. The molecule has 13 atom stereocenters. The first-order valence-electron chi connectivity index (χ1n) is 15.4. The molecular weight excluding hydrogens is 564 g/mol. The average Bonchev–Trinajstić information content (AvgIpc) is 3.53. The summed E-state index contributed by atoms with van der Waals surface area (Å²) in [6.07, 6.45) is -3.53. The highest BCUT2D eigenvalue weighted by molar-refractivity contribution is 5.85. The van der Waals surface area contributed by atoms with Crippen LogP contribution in [0.25, 0.3) is 0 Å². The maximum Gasteiger partial charge on any atom is 0.331 e. The summed E-state index contributed by atoms with van der Waals surface area (Å²) in [6, 6.07) is 0. The standard InChI is InChI=1S/C31H48O12/c1-16-7-9-30(4)17(2)19(5-6-21(30)29(16,3)10-8-18-11-22(33)39-12-18)42-27-25(36)24(35)23(34)20(43-27)13-40-28-26(37)31(38,14-32)15-41-28/h11,16,19-21,23-28,32,34-38H,2,5-10,12-15H2,1,3-4H3. The Kier molecular flexibility index (Phi) is 9.49. The minimum atomic E-state index is -1.87. The van der Waals surface area contributed by atoms with E-state index in [0.717, 1.165) is 43.3 Å². The normalized spacial score (nSPS) is 48.6. The molecule has 0 amide bonds. The second-order valence-corrected chi connectivity index (χ2v) is 13.8. The summed E-state index contributed by atoms with van der Waals surface area (Å²) in [6.45, 7) is 10.3. The Morgan fingerprint density at radius 1 is 1.07 bits per heavy atom. The van der Waals surface area contributed by atoms with E-state index in [2.05, 4.69) is 27.4 Å². The maximum atomic E-state index is 11.6. The second kappa shape index (κ2) is 12.4. The lowest BCUT2D eigenvalue weighted by atomic mass is 9.46. The lowest BCUT2D eigenvalue weighted by molar-refractivity contribution is -0.319. The van der Waals surface area contributed by atoms with Crippen molar-refractivity contribution in [3.05, 3.63) is 23.8 Å². The number of fused-ring (bicyclic) bond motifs is 1. The molecule has 0 radical (unpaired) electrons. The molecule has 5 aliphatic rings. The largest absolute Gasteiger partial charge is 0.458 e. The Bertz CT molecular complexity index is 1080. The van der Waals surface area contributed by atoms with Gasteiger partial charge in [-0.1, -0.05) is 27.4 Å². The van der Waals surface area contributed by atoms with Crippen LogP contribution in [0.3, 0.4) is 0 Å². The number of cyclic esters (lactones) is 1. The average molecular weight is 613 g/mol. The van der Waals surface area contributed by atoms with E-state index >= 15 is 0 Å². The van der Waals surface area contributed by atoms with E-state index in [-0.39, 0.29) is 30.0 Å². The molecule has 2 aliphatic carbocycles. The van der Waals surface area contributed by atoms with Crippen LogP contribution in [0.5, 0.6) is 0 Å². The van der Waals surface area contributed by atoms with Gasteiger partial charge in [-0.25, -0.2) is 4.79 Å². The lowest BCUT2D eigenvalue weighted by Gasteiger charge is -2.60. The summed E-state index contributed by atoms with van der Waals surface area (Å²) in [4.78, 5) is 11.6. The number of ether oxygens (including phenoxy) is 5. The zero-order valence-electron chi connectivity index (χ0n) is 25.3. The van der Waals surface area contributed by atoms with Gasteiger partial charge in [0.2, 0.25) is 0 Å². The fourth-order valence-corrected chi connectivity index (χ4v) is 8.00. The lowest BCUT2D eigenvalue weighted by Crippen LogP contribution is -2.61. The van der Waals surface area contributed by atoms with Crippen LogP contribution in [0, 0.1) is 22.7 Å². The van der Waals surface area contributed by atoms with E-state index in [1.165, 1.54) is 0 Å². The monoisotopic (exact) mass is 612 g/mol. The predicted octanol–water partition coefficient (Wildman–Crippen LogP) is 0.309. The van der Waals surface area contributed by atoms with Crippen molar-refractivity contribution in [3.63, 3.8) is 0 Å². The van der Waals surface area contributed by atoms with Gasteiger partial charge in [-0.3, -0.25) is 0 Å². The Morgan fingerprint density at radius 2 is 1.81 bits per heavy atom. The van der Waals surface area contributed by atoms with Gasteiger partial charge >= 0.3 is 5.97 Å². The zero-order chi connectivity index (χ0) is 31.3. The van der Waals surface area contributed by atoms with Crippen LogP contribution >= 0.6 is 0 Å². The van der Waals surface area contributed by atoms with Gasteiger partial charge in [0.15, 0.2) is 12.6 Å². The molecule has 13 unspecified atom stereocenters. The second-order valence-electron chi connectivity index (χ2n) is 13.8. The Morgan fingerprint density at radius 3 is 2.47 bits per heavy atom. The van der Waals surface area contributed by atoms with Crippen LogP contribution in [0.1, 0.15) is 59.3 Å². The van der Waals surface area contributed by atoms with Gasteiger partial charge < -0.3 is 54.3 Å². The van der Waals surface area contributed by atoms with Crippen molar-refractivity contribution >= 4 is 5.97 Å². The van der Waals surface area contributed by atoms with Crippen molar-refractivity contribution in [1.82, 2.24) is 0 Å². The summed E-state index contributed by atoms with van der Waals surface area (Å²) < 4.78 is 28.1. The minimum Gasteiger partial charge on any atom is -0.458 e.